The second-order valence-electron chi connectivity index (χ2n) is 12.3. The Hall–Kier alpha value is -3.75. The van der Waals surface area contributed by atoms with Crippen LogP contribution in [0.4, 0.5) is 5.69 Å². The number of carbonyl (C=O) groups excluding carboxylic acids is 3. The van der Waals surface area contributed by atoms with Crippen molar-refractivity contribution in [2.45, 2.75) is 63.4 Å². The summed E-state index contributed by atoms with van der Waals surface area (Å²) in [6.45, 7) is 14.2. The van der Waals surface area contributed by atoms with Crippen molar-refractivity contribution >= 4 is 23.4 Å². The molecule has 3 amide bonds. The molecule has 43 heavy (non-hydrogen) atoms. The predicted molar refractivity (Wildman–Crippen MR) is 166 cm³/mol. The molecule has 8 nitrogen and oxygen atoms in total. The maximum atomic E-state index is 14.7. The van der Waals surface area contributed by atoms with Crippen LogP contribution in [0.15, 0.2) is 86.0 Å². The van der Waals surface area contributed by atoms with Gasteiger partial charge in [-0.15, -0.1) is 13.2 Å². The van der Waals surface area contributed by atoms with Crippen LogP contribution in [0, 0.1) is 17.8 Å². The van der Waals surface area contributed by atoms with Crippen molar-refractivity contribution in [3.63, 3.8) is 0 Å². The normalized spacial score (nSPS) is 29.7. The number of carbonyl (C=O) groups is 3. The van der Waals surface area contributed by atoms with Crippen molar-refractivity contribution in [3.05, 3.63) is 91.5 Å². The molecule has 0 radical (unpaired) electrons. The summed E-state index contributed by atoms with van der Waals surface area (Å²) in [5.74, 6) is -2.58. The minimum atomic E-state index is -1.21. The third-order valence-electron chi connectivity index (χ3n) is 9.85. The van der Waals surface area contributed by atoms with E-state index >= 15 is 0 Å². The number of aliphatic hydroxyl groups is 1. The van der Waals surface area contributed by atoms with Gasteiger partial charge in [0.2, 0.25) is 17.7 Å². The summed E-state index contributed by atoms with van der Waals surface area (Å²) in [5, 5.41) is 10.4. The topological polar surface area (TPSA) is 90.4 Å². The summed E-state index contributed by atoms with van der Waals surface area (Å²) in [7, 11) is 0. The molecule has 5 rings (SSSR count). The van der Waals surface area contributed by atoms with Crippen molar-refractivity contribution in [2.75, 3.05) is 24.6 Å². The van der Waals surface area contributed by atoms with Gasteiger partial charge in [0.05, 0.1) is 30.1 Å². The Morgan fingerprint density at radius 3 is 2.28 bits per heavy atom. The highest BCUT2D eigenvalue weighted by Gasteiger charge is 2.80. The maximum absolute atomic E-state index is 14.7. The average molecular weight is 586 g/mol. The van der Waals surface area contributed by atoms with Gasteiger partial charge in [0.15, 0.2) is 0 Å². The quantitative estimate of drug-likeness (QED) is 0.377. The molecule has 228 valence electrons. The first kappa shape index (κ1) is 30.7. The van der Waals surface area contributed by atoms with Gasteiger partial charge in [0.1, 0.15) is 11.6 Å². The number of hydrogen-bond donors (Lipinski definition) is 1. The Bertz CT molecular complexity index is 1360. The lowest BCUT2D eigenvalue weighted by molar-refractivity contribution is -0.155. The SMILES string of the molecule is C=CCN(Cc1ccccc1)C(=O)C1N([C@@H](CC)CO)C(=O)[C@@H]2[C@H](C(=O)N(CC=C)c3ccccc3)[C@@]3(C)OC12CC3C. The third-order valence-corrected chi connectivity index (χ3v) is 9.85. The molecule has 2 aromatic rings. The molecule has 2 aromatic carbocycles. The highest BCUT2D eigenvalue weighted by molar-refractivity contribution is 6.03. The minimum absolute atomic E-state index is 0.0988. The number of para-hydroxylation sites is 1. The van der Waals surface area contributed by atoms with Gasteiger partial charge in [-0.05, 0) is 43.4 Å². The molecule has 0 saturated carbocycles. The average Bonchev–Trinajstić information content (AvgIpc) is 3.53. The monoisotopic (exact) mass is 585 g/mol. The smallest absolute Gasteiger partial charge is 0.249 e. The van der Waals surface area contributed by atoms with E-state index in [0.29, 0.717) is 25.1 Å². The van der Waals surface area contributed by atoms with Crippen LogP contribution in [0.2, 0.25) is 0 Å². The van der Waals surface area contributed by atoms with Crippen LogP contribution in [-0.4, -0.2) is 75.6 Å². The first-order chi connectivity index (χ1) is 20.7. The van der Waals surface area contributed by atoms with Gasteiger partial charge in [-0.1, -0.05) is 74.5 Å². The minimum Gasteiger partial charge on any atom is -0.394 e. The largest absolute Gasteiger partial charge is 0.394 e. The molecule has 8 heteroatoms. The van der Waals surface area contributed by atoms with E-state index in [1.54, 1.807) is 26.9 Å². The van der Waals surface area contributed by atoms with Crippen LogP contribution < -0.4 is 4.90 Å². The first-order valence-corrected chi connectivity index (χ1v) is 15.2. The zero-order chi connectivity index (χ0) is 30.9. The third kappa shape index (κ3) is 4.90. The molecule has 3 aliphatic rings. The van der Waals surface area contributed by atoms with Crippen molar-refractivity contribution in [3.8, 4) is 0 Å². The van der Waals surface area contributed by atoms with Crippen molar-refractivity contribution in [1.29, 1.82) is 0 Å². The summed E-state index contributed by atoms with van der Waals surface area (Å²) in [5.41, 5.74) is -0.514. The number of likely N-dealkylation sites (tertiary alicyclic amines) is 1. The number of amides is 3. The molecular formula is C35H43N3O5. The summed E-state index contributed by atoms with van der Waals surface area (Å²) >= 11 is 0. The molecule has 3 saturated heterocycles. The summed E-state index contributed by atoms with van der Waals surface area (Å²) in [6, 6.07) is 17.4. The first-order valence-electron chi connectivity index (χ1n) is 15.2. The van der Waals surface area contributed by atoms with Crippen molar-refractivity contribution < 1.29 is 24.2 Å². The van der Waals surface area contributed by atoms with E-state index in [2.05, 4.69) is 13.2 Å². The molecule has 3 fully saturated rings. The van der Waals surface area contributed by atoms with Crippen LogP contribution >= 0.6 is 0 Å². The summed E-state index contributed by atoms with van der Waals surface area (Å²) in [4.78, 5) is 48.8. The zero-order valence-electron chi connectivity index (χ0n) is 25.4. The van der Waals surface area contributed by atoms with Crippen LogP contribution in [0.5, 0.6) is 0 Å². The van der Waals surface area contributed by atoms with Gasteiger partial charge in [0, 0.05) is 25.3 Å². The summed E-state index contributed by atoms with van der Waals surface area (Å²) in [6.07, 6.45) is 4.26. The molecule has 0 aromatic heterocycles. The molecule has 1 spiro atoms. The van der Waals surface area contributed by atoms with Crippen LogP contribution in [-0.2, 0) is 25.7 Å². The standard InChI is InChI=1S/C35H43N3O5/c1-6-19-36(22-25-15-11-9-12-16-25)33(42)30-35-21-24(4)34(5,43-35)28(29(35)32(41)38(30)26(8-3)23-39)31(40)37(20-7-2)27-17-13-10-14-18-27/h6-7,9-18,24,26,28-30,39H,1-2,8,19-23H2,3-5H3/t24?,26-,28+,29-,30?,34-,35?/m0/s1. The maximum Gasteiger partial charge on any atom is 0.249 e. The van der Waals surface area contributed by atoms with Crippen LogP contribution in [0.1, 0.15) is 39.2 Å². The van der Waals surface area contributed by atoms with Crippen molar-refractivity contribution in [1.82, 2.24) is 9.80 Å². The van der Waals surface area contributed by atoms with E-state index in [0.717, 1.165) is 5.56 Å². The lowest BCUT2D eigenvalue weighted by atomic mass is 9.62. The molecule has 1 N–H and O–H groups in total. The molecule has 0 aliphatic carbocycles. The number of anilines is 1. The van der Waals surface area contributed by atoms with Gasteiger partial charge in [-0.25, -0.2) is 0 Å². The Balaban J connectivity index is 1.62. The number of fused-ring (bicyclic) bond motifs is 1. The van der Waals surface area contributed by atoms with Crippen LogP contribution in [0.25, 0.3) is 0 Å². The molecule has 3 aliphatic heterocycles. The Labute approximate surface area is 254 Å². The molecule has 2 bridgehead atoms. The highest BCUT2D eigenvalue weighted by atomic mass is 16.5. The number of rotatable bonds is 12. The van der Waals surface area contributed by atoms with E-state index in [4.69, 9.17) is 4.74 Å². The number of nitrogens with zero attached hydrogens (tertiary/aromatic N) is 3. The fraction of sp³-hybridized carbons (Fsp3) is 0.457. The van der Waals surface area contributed by atoms with E-state index in [1.165, 1.54) is 0 Å². The van der Waals surface area contributed by atoms with E-state index in [1.807, 2.05) is 81.4 Å². The molecule has 3 heterocycles. The number of benzene rings is 2. The molecular weight excluding hydrogens is 542 g/mol. The fourth-order valence-electron chi connectivity index (χ4n) is 7.73. The zero-order valence-corrected chi connectivity index (χ0v) is 25.4. The highest BCUT2D eigenvalue weighted by Crippen LogP contribution is 2.66. The van der Waals surface area contributed by atoms with Crippen LogP contribution in [0.3, 0.4) is 0 Å². The predicted octanol–water partition coefficient (Wildman–Crippen LogP) is 4.20. The second-order valence-corrected chi connectivity index (χ2v) is 12.3. The Kier molecular flexibility index (Phi) is 8.63. The number of ether oxygens (including phenoxy) is 1. The van der Waals surface area contributed by atoms with E-state index < -0.39 is 35.1 Å². The van der Waals surface area contributed by atoms with Gasteiger partial charge < -0.3 is 24.5 Å². The summed E-state index contributed by atoms with van der Waals surface area (Å²) < 4.78 is 6.94. The Morgan fingerprint density at radius 1 is 1.07 bits per heavy atom. The fourth-order valence-corrected chi connectivity index (χ4v) is 7.73. The second kappa shape index (κ2) is 12.1. The van der Waals surface area contributed by atoms with E-state index in [-0.39, 0.29) is 43.3 Å². The molecule has 7 atom stereocenters. The number of hydrogen-bond acceptors (Lipinski definition) is 5. The van der Waals surface area contributed by atoms with Gasteiger partial charge in [-0.2, -0.15) is 0 Å². The van der Waals surface area contributed by atoms with Gasteiger partial charge >= 0.3 is 0 Å². The lowest BCUT2D eigenvalue weighted by Crippen LogP contribution is -2.58. The van der Waals surface area contributed by atoms with Gasteiger partial charge in [-0.3, -0.25) is 14.4 Å². The molecule has 3 unspecified atom stereocenters. The Morgan fingerprint density at radius 2 is 1.70 bits per heavy atom. The van der Waals surface area contributed by atoms with Crippen molar-refractivity contribution in [2.24, 2.45) is 17.8 Å². The van der Waals surface area contributed by atoms with Gasteiger partial charge in [0.25, 0.3) is 0 Å². The number of aliphatic hydroxyl groups excluding tert-OH is 1. The van der Waals surface area contributed by atoms with E-state index in [9.17, 15) is 19.5 Å². The lowest BCUT2D eigenvalue weighted by Gasteiger charge is -2.39.